The van der Waals surface area contributed by atoms with Crippen LogP contribution in [0.2, 0.25) is 5.02 Å². The maximum atomic E-state index is 13.2. The minimum Gasteiger partial charge on any atom is -0.294 e. The third-order valence-electron chi connectivity index (χ3n) is 2.85. The van der Waals surface area contributed by atoms with Crippen molar-refractivity contribution < 1.29 is 9.18 Å². The van der Waals surface area contributed by atoms with Gasteiger partial charge >= 0.3 is 0 Å². The molecular formula is C15H11BrClFO. The summed E-state index contributed by atoms with van der Waals surface area (Å²) in [5.74, 6) is -0.384. The minimum atomic E-state index is -0.307. The molecule has 0 radical (unpaired) electrons. The van der Waals surface area contributed by atoms with Gasteiger partial charge in [0.25, 0.3) is 0 Å². The van der Waals surface area contributed by atoms with Crippen LogP contribution in [0.1, 0.15) is 21.5 Å². The quantitative estimate of drug-likeness (QED) is 0.720. The van der Waals surface area contributed by atoms with Gasteiger partial charge in [-0.15, -0.1) is 0 Å². The first kappa shape index (κ1) is 14.2. The first-order chi connectivity index (χ1) is 8.97. The average Bonchev–Trinajstić information content (AvgIpc) is 2.36. The normalized spacial score (nSPS) is 10.5. The van der Waals surface area contributed by atoms with Crippen molar-refractivity contribution in [1.29, 1.82) is 0 Å². The van der Waals surface area contributed by atoms with Crippen molar-refractivity contribution >= 4 is 33.3 Å². The van der Waals surface area contributed by atoms with E-state index in [0.717, 1.165) is 10.0 Å². The fraction of sp³-hybridized carbons (Fsp3) is 0.133. The van der Waals surface area contributed by atoms with Gasteiger partial charge in [-0.3, -0.25) is 4.79 Å². The van der Waals surface area contributed by atoms with Gasteiger partial charge in [0.05, 0.1) is 0 Å². The second-order valence-electron chi connectivity index (χ2n) is 4.30. The number of halogens is 3. The maximum Gasteiger partial charge on any atom is 0.167 e. The zero-order valence-electron chi connectivity index (χ0n) is 10.2. The summed E-state index contributed by atoms with van der Waals surface area (Å²) in [7, 11) is 0. The van der Waals surface area contributed by atoms with Crippen molar-refractivity contribution in [1.82, 2.24) is 0 Å². The Morgan fingerprint density at radius 2 is 2.00 bits per heavy atom. The van der Waals surface area contributed by atoms with Crippen LogP contribution in [0, 0.1) is 12.7 Å². The van der Waals surface area contributed by atoms with Crippen LogP contribution < -0.4 is 0 Å². The SMILES string of the molecule is Cc1cc(C(=O)Cc2ccc(Br)cc2Cl)ccc1F. The van der Waals surface area contributed by atoms with Gasteiger partial charge < -0.3 is 0 Å². The zero-order valence-corrected chi connectivity index (χ0v) is 12.6. The molecular weight excluding hydrogens is 331 g/mol. The molecule has 1 nitrogen and oxygen atoms in total. The van der Waals surface area contributed by atoms with Crippen molar-refractivity contribution in [3.8, 4) is 0 Å². The summed E-state index contributed by atoms with van der Waals surface area (Å²) in [6.45, 7) is 1.64. The topological polar surface area (TPSA) is 17.1 Å². The molecule has 19 heavy (non-hydrogen) atoms. The lowest BCUT2D eigenvalue weighted by Gasteiger charge is -2.06. The number of hydrogen-bond acceptors (Lipinski definition) is 1. The highest BCUT2D eigenvalue weighted by Crippen LogP contribution is 2.23. The lowest BCUT2D eigenvalue weighted by molar-refractivity contribution is 0.0993. The van der Waals surface area contributed by atoms with Crippen LogP contribution >= 0.6 is 27.5 Å². The van der Waals surface area contributed by atoms with Crippen LogP contribution in [0.15, 0.2) is 40.9 Å². The molecule has 2 aromatic rings. The van der Waals surface area contributed by atoms with Crippen molar-refractivity contribution in [3.63, 3.8) is 0 Å². The second-order valence-corrected chi connectivity index (χ2v) is 5.62. The summed E-state index contributed by atoms with van der Waals surface area (Å²) in [4.78, 5) is 12.1. The Bertz CT molecular complexity index is 640. The standard InChI is InChI=1S/C15H11BrClFO/c1-9-6-11(3-5-14(9)18)15(19)7-10-2-4-12(16)8-13(10)17/h2-6,8H,7H2,1H3. The Kier molecular flexibility index (Phi) is 4.38. The Morgan fingerprint density at radius 1 is 1.26 bits per heavy atom. The van der Waals surface area contributed by atoms with Crippen molar-refractivity contribution in [2.24, 2.45) is 0 Å². The van der Waals surface area contributed by atoms with Crippen molar-refractivity contribution in [2.45, 2.75) is 13.3 Å². The third-order valence-corrected chi connectivity index (χ3v) is 3.69. The van der Waals surface area contributed by atoms with E-state index in [1.807, 2.05) is 6.07 Å². The molecule has 2 rings (SSSR count). The lowest BCUT2D eigenvalue weighted by Crippen LogP contribution is -2.05. The summed E-state index contributed by atoms with van der Waals surface area (Å²) in [5.41, 5.74) is 1.72. The highest BCUT2D eigenvalue weighted by atomic mass is 79.9. The monoisotopic (exact) mass is 340 g/mol. The summed E-state index contributed by atoms with van der Waals surface area (Å²) < 4.78 is 14.0. The number of Topliss-reactive ketones (excluding diaryl/α,β-unsaturated/α-hetero) is 1. The minimum absolute atomic E-state index is 0.0766. The van der Waals surface area contributed by atoms with Gasteiger partial charge in [0, 0.05) is 21.5 Å². The van der Waals surface area contributed by atoms with E-state index >= 15 is 0 Å². The molecule has 0 spiro atoms. The van der Waals surface area contributed by atoms with Crippen LogP contribution in [0.5, 0.6) is 0 Å². The highest BCUT2D eigenvalue weighted by Gasteiger charge is 2.11. The molecule has 0 N–H and O–H groups in total. The van der Waals surface area contributed by atoms with Gasteiger partial charge in [0.15, 0.2) is 5.78 Å². The molecule has 0 saturated carbocycles. The molecule has 0 bridgehead atoms. The van der Waals surface area contributed by atoms with E-state index in [9.17, 15) is 9.18 Å². The van der Waals surface area contributed by atoms with E-state index in [-0.39, 0.29) is 18.0 Å². The lowest BCUT2D eigenvalue weighted by atomic mass is 10.0. The van der Waals surface area contributed by atoms with E-state index in [2.05, 4.69) is 15.9 Å². The number of ketones is 1. The smallest absolute Gasteiger partial charge is 0.167 e. The predicted octanol–water partition coefficient (Wildman–Crippen LogP) is 4.98. The molecule has 0 aliphatic rings. The number of carbonyl (C=O) groups is 1. The summed E-state index contributed by atoms with van der Waals surface area (Å²) in [5, 5.41) is 0.543. The first-order valence-electron chi connectivity index (χ1n) is 5.70. The molecule has 0 aliphatic heterocycles. The van der Waals surface area contributed by atoms with Gasteiger partial charge in [0.1, 0.15) is 5.82 Å². The third kappa shape index (κ3) is 3.43. The molecule has 0 amide bonds. The summed E-state index contributed by atoms with van der Waals surface area (Å²) >= 11 is 9.39. The van der Waals surface area contributed by atoms with Crippen molar-refractivity contribution in [2.75, 3.05) is 0 Å². The molecule has 4 heteroatoms. The molecule has 0 atom stereocenters. The van der Waals surface area contributed by atoms with Gasteiger partial charge in [-0.2, -0.15) is 0 Å². The molecule has 0 unspecified atom stereocenters. The predicted molar refractivity (Wildman–Crippen MR) is 78.3 cm³/mol. The number of carbonyl (C=O) groups excluding carboxylic acids is 1. The number of benzene rings is 2. The fourth-order valence-electron chi connectivity index (χ4n) is 1.76. The van der Waals surface area contributed by atoms with Gasteiger partial charge in [0.2, 0.25) is 0 Å². The van der Waals surface area contributed by atoms with Crippen LogP contribution in [0.3, 0.4) is 0 Å². The van der Waals surface area contributed by atoms with Gasteiger partial charge in [-0.05, 0) is 48.4 Å². The van der Waals surface area contributed by atoms with Crippen LogP contribution in [0.4, 0.5) is 4.39 Å². The number of rotatable bonds is 3. The maximum absolute atomic E-state index is 13.2. The Labute approximate surface area is 124 Å². The van der Waals surface area contributed by atoms with E-state index < -0.39 is 0 Å². The molecule has 0 aromatic heterocycles. The molecule has 0 heterocycles. The largest absolute Gasteiger partial charge is 0.294 e. The summed E-state index contributed by atoms with van der Waals surface area (Å²) in [6.07, 6.45) is 0.206. The summed E-state index contributed by atoms with van der Waals surface area (Å²) in [6, 6.07) is 9.76. The van der Waals surface area contributed by atoms with Crippen LogP contribution in [0.25, 0.3) is 0 Å². The van der Waals surface area contributed by atoms with Crippen molar-refractivity contribution in [3.05, 3.63) is 68.4 Å². The van der Waals surface area contributed by atoms with E-state index in [1.165, 1.54) is 12.1 Å². The Hall–Kier alpha value is -1.19. The Balaban J connectivity index is 2.23. The molecule has 0 saturated heterocycles. The zero-order chi connectivity index (χ0) is 14.0. The van der Waals surface area contributed by atoms with Gasteiger partial charge in [-0.25, -0.2) is 4.39 Å². The molecule has 0 fully saturated rings. The number of aryl methyl sites for hydroxylation is 1. The molecule has 2 aromatic carbocycles. The second kappa shape index (κ2) is 5.85. The van der Waals surface area contributed by atoms with Crippen LogP contribution in [-0.2, 0) is 6.42 Å². The first-order valence-corrected chi connectivity index (χ1v) is 6.88. The Morgan fingerprint density at radius 3 is 2.63 bits per heavy atom. The van der Waals surface area contributed by atoms with Crippen LogP contribution in [-0.4, -0.2) is 5.78 Å². The highest BCUT2D eigenvalue weighted by molar-refractivity contribution is 9.10. The van der Waals surface area contributed by atoms with E-state index in [0.29, 0.717) is 16.1 Å². The average molecular weight is 342 g/mol. The fourth-order valence-corrected chi connectivity index (χ4v) is 2.50. The molecule has 98 valence electrons. The van der Waals surface area contributed by atoms with E-state index in [4.69, 9.17) is 11.6 Å². The molecule has 0 aliphatic carbocycles. The number of hydrogen-bond donors (Lipinski definition) is 0. The van der Waals surface area contributed by atoms with Gasteiger partial charge in [-0.1, -0.05) is 33.6 Å². The van der Waals surface area contributed by atoms with E-state index in [1.54, 1.807) is 25.1 Å².